The van der Waals surface area contributed by atoms with Gasteiger partial charge in [0.2, 0.25) is 11.7 Å². The predicted molar refractivity (Wildman–Crippen MR) is 73.1 cm³/mol. The Hall–Kier alpha value is -2.55. The van der Waals surface area contributed by atoms with Crippen molar-refractivity contribution >= 4 is 23.1 Å². The Morgan fingerprint density at radius 3 is 3.15 bits per heavy atom. The first-order chi connectivity index (χ1) is 9.72. The largest absolute Gasteiger partial charge is 0.309 e. The fourth-order valence-corrected chi connectivity index (χ4v) is 2.23. The van der Waals surface area contributed by atoms with Gasteiger partial charge in [0, 0.05) is 16.5 Å². The molecule has 3 aromatic rings. The molecule has 0 saturated carbocycles. The monoisotopic (exact) mass is 289 g/mol. The molecule has 1 amide bonds. The van der Waals surface area contributed by atoms with Crippen molar-refractivity contribution in [3.8, 4) is 11.4 Å². The molecule has 0 radical (unpaired) electrons. The first-order valence-corrected chi connectivity index (χ1v) is 6.77. The number of rotatable bonds is 4. The molecule has 2 N–H and O–H groups in total. The summed E-state index contributed by atoms with van der Waals surface area (Å²) in [5.41, 5.74) is 1.76. The molecule has 0 aliphatic carbocycles. The molecule has 0 spiro atoms. The molecule has 102 valence electrons. The van der Waals surface area contributed by atoms with Crippen molar-refractivity contribution in [3.63, 3.8) is 0 Å². The smallest absolute Gasteiger partial charge is 0.249 e. The number of aryl methyl sites for hydroxylation is 1. The van der Waals surface area contributed by atoms with Crippen molar-refractivity contribution in [2.75, 3.05) is 5.32 Å². The average molecular weight is 289 g/mol. The van der Waals surface area contributed by atoms with Crippen molar-refractivity contribution in [3.05, 3.63) is 28.6 Å². The molecule has 0 aromatic carbocycles. The van der Waals surface area contributed by atoms with Crippen molar-refractivity contribution < 1.29 is 4.79 Å². The van der Waals surface area contributed by atoms with Crippen molar-refractivity contribution in [2.24, 2.45) is 0 Å². The number of nitrogens with one attached hydrogen (secondary N) is 2. The van der Waals surface area contributed by atoms with Gasteiger partial charge in [-0.1, -0.05) is 0 Å². The second-order valence-electron chi connectivity index (χ2n) is 4.13. The molecule has 0 atom stereocenters. The van der Waals surface area contributed by atoms with Gasteiger partial charge < -0.3 is 5.32 Å². The first-order valence-electron chi connectivity index (χ1n) is 5.82. The molecule has 20 heavy (non-hydrogen) atoms. The Morgan fingerprint density at radius 2 is 2.45 bits per heavy atom. The van der Waals surface area contributed by atoms with E-state index in [-0.39, 0.29) is 12.5 Å². The number of nitrogens with zero attached hydrogens (tertiary/aromatic N) is 5. The number of aromatic amines is 1. The van der Waals surface area contributed by atoms with E-state index in [0.29, 0.717) is 11.6 Å². The Balaban J connectivity index is 1.66. The third-order valence-electron chi connectivity index (χ3n) is 2.61. The summed E-state index contributed by atoms with van der Waals surface area (Å²) in [4.78, 5) is 13.1. The normalized spacial score (nSPS) is 10.7. The molecular weight excluding hydrogens is 278 g/mol. The number of anilines is 1. The maximum absolute atomic E-state index is 11.8. The Morgan fingerprint density at radius 1 is 1.55 bits per heavy atom. The number of aromatic nitrogens is 6. The third-order valence-corrected chi connectivity index (χ3v) is 3.29. The van der Waals surface area contributed by atoms with Gasteiger partial charge in [-0.25, -0.2) is 0 Å². The lowest BCUT2D eigenvalue weighted by Crippen LogP contribution is -2.21. The van der Waals surface area contributed by atoms with E-state index in [1.165, 1.54) is 4.80 Å². The zero-order chi connectivity index (χ0) is 13.9. The van der Waals surface area contributed by atoms with E-state index in [2.05, 4.69) is 30.9 Å². The number of H-pyrrole nitrogens is 1. The van der Waals surface area contributed by atoms with Gasteiger partial charge in [-0.2, -0.15) is 21.2 Å². The predicted octanol–water partition coefficient (Wildman–Crippen LogP) is 1.07. The number of tetrazole rings is 1. The van der Waals surface area contributed by atoms with Crippen LogP contribution in [0.3, 0.4) is 0 Å². The minimum atomic E-state index is -0.244. The lowest BCUT2D eigenvalue weighted by atomic mass is 10.3. The van der Waals surface area contributed by atoms with E-state index >= 15 is 0 Å². The number of thiophene rings is 1. The molecule has 0 saturated heterocycles. The first kappa shape index (κ1) is 12.5. The van der Waals surface area contributed by atoms with Crippen molar-refractivity contribution in [1.82, 2.24) is 30.4 Å². The van der Waals surface area contributed by atoms with Crippen LogP contribution in [0.4, 0.5) is 5.82 Å². The maximum atomic E-state index is 11.8. The standard InChI is InChI=1S/C11H11N7OS/c1-7-4-12-14-10(7)13-9(19)5-18-16-11(15-17-18)8-2-3-20-6-8/h2-4,6H,5H2,1H3,(H2,12,13,14,19). The quantitative estimate of drug-likeness (QED) is 0.748. The summed E-state index contributed by atoms with van der Waals surface area (Å²) in [5.74, 6) is 0.844. The van der Waals surface area contributed by atoms with E-state index < -0.39 is 0 Å². The second kappa shape index (κ2) is 5.21. The minimum Gasteiger partial charge on any atom is -0.309 e. The van der Waals surface area contributed by atoms with Gasteiger partial charge in [0.05, 0.1) is 6.20 Å². The summed E-state index contributed by atoms with van der Waals surface area (Å²) in [6.07, 6.45) is 1.64. The van der Waals surface area contributed by atoms with Crippen LogP contribution in [-0.4, -0.2) is 36.3 Å². The summed E-state index contributed by atoms with van der Waals surface area (Å²) >= 11 is 1.55. The molecule has 0 bridgehead atoms. The van der Waals surface area contributed by atoms with Gasteiger partial charge in [-0.3, -0.25) is 9.89 Å². The van der Waals surface area contributed by atoms with Crippen molar-refractivity contribution in [1.29, 1.82) is 0 Å². The Kier molecular flexibility index (Phi) is 3.25. The highest BCUT2D eigenvalue weighted by Gasteiger charge is 2.11. The Labute approximate surface area is 117 Å². The summed E-state index contributed by atoms with van der Waals surface area (Å²) < 4.78 is 0. The van der Waals surface area contributed by atoms with Crippen molar-refractivity contribution in [2.45, 2.75) is 13.5 Å². The molecule has 0 aliphatic rings. The molecule has 8 nitrogen and oxygen atoms in total. The zero-order valence-electron chi connectivity index (χ0n) is 10.6. The average Bonchev–Trinajstić information content (AvgIpc) is 3.12. The number of hydrogen-bond acceptors (Lipinski definition) is 6. The molecular formula is C11H11N7OS. The zero-order valence-corrected chi connectivity index (χ0v) is 11.4. The van der Waals surface area contributed by atoms with Crippen LogP contribution in [-0.2, 0) is 11.3 Å². The van der Waals surface area contributed by atoms with Gasteiger partial charge in [-0.05, 0) is 23.6 Å². The number of carbonyl (C=O) groups excluding carboxylic acids is 1. The van der Waals surface area contributed by atoms with E-state index in [9.17, 15) is 4.79 Å². The molecule has 0 unspecified atom stereocenters. The number of hydrogen-bond donors (Lipinski definition) is 2. The van der Waals surface area contributed by atoms with E-state index in [4.69, 9.17) is 0 Å². The molecule has 3 rings (SSSR count). The highest BCUT2D eigenvalue weighted by atomic mass is 32.1. The molecule has 3 aromatic heterocycles. The van der Waals surface area contributed by atoms with Crippen LogP contribution in [0.15, 0.2) is 23.0 Å². The van der Waals surface area contributed by atoms with Gasteiger partial charge in [0.1, 0.15) is 12.4 Å². The van der Waals surface area contributed by atoms with Crippen LogP contribution in [0, 0.1) is 6.92 Å². The fourth-order valence-electron chi connectivity index (χ4n) is 1.60. The fraction of sp³-hybridized carbons (Fsp3) is 0.182. The molecule has 3 heterocycles. The number of amides is 1. The highest BCUT2D eigenvalue weighted by molar-refractivity contribution is 7.08. The van der Waals surface area contributed by atoms with Crippen LogP contribution in [0.25, 0.3) is 11.4 Å². The minimum absolute atomic E-state index is 0.00437. The SMILES string of the molecule is Cc1cn[nH]c1NC(=O)Cn1nnc(-c2ccsc2)n1. The molecule has 0 aliphatic heterocycles. The lowest BCUT2D eigenvalue weighted by molar-refractivity contribution is -0.117. The second-order valence-corrected chi connectivity index (χ2v) is 4.91. The third kappa shape index (κ3) is 2.57. The van der Waals surface area contributed by atoms with Gasteiger partial charge >= 0.3 is 0 Å². The lowest BCUT2D eigenvalue weighted by Gasteiger charge is -2.02. The summed E-state index contributed by atoms with van der Waals surface area (Å²) in [6, 6.07) is 1.90. The van der Waals surface area contributed by atoms with Crippen LogP contribution >= 0.6 is 11.3 Å². The van der Waals surface area contributed by atoms with Gasteiger partial charge in [-0.15, -0.1) is 10.2 Å². The Bertz CT molecular complexity index is 715. The van der Waals surface area contributed by atoms with Crippen LogP contribution in [0.2, 0.25) is 0 Å². The summed E-state index contributed by atoms with van der Waals surface area (Å²) in [5, 5.41) is 25.0. The topological polar surface area (TPSA) is 101 Å². The summed E-state index contributed by atoms with van der Waals surface area (Å²) in [7, 11) is 0. The molecule has 9 heteroatoms. The van der Waals surface area contributed by atoms with Gasteiger partial charge in [0.15, 0.2) is 0 Å². The van der Waals surface area contributed by atoms with Crippen LogP contribution in [0.5, 0.6) is 0 Å². The van der Waals surface area contributed by atoms with E-state index in [0.717, 1.165) is 11.1 Å². The van der Waals surface area contributed by atoms with Gasteiger partial charge in [0.25, 0.3) is 0 Å². The van der Waals surface area contributed by atoms with Crippen LogP contribution < -0.4 is 5.32 Å². The highest BCUT2D eigenvalue weighted by Crippen LogP contribution is 2.16. The van der Waals surface area contributed by atoms with Crippen LogP contribution in [0.1, 0.15) is 5.56 Å². The maximum Gasteiger partial charge on any atom is 0.249 e. The van der Waals surface area contributed by atoms with E-state index in [1.54, 1.807) is 17.5 Å². The summed E-state index contributed by atoms with van der Waals surface area (Å²) in [6.45, 7) is 1.84. The van der Waals surface area contributed by atoms with E-state index in [1.807, 2.05) is 23.8 Å². The molecule has 0 fully saturated rings. The number of carbonyl (C=O) groups is 1.